The molecule has 3 unspecified atom stereocenters. The van der Waals surface area contributed by atoms with E-state index in [-0.39, 0.29) is 17.3 Å². The van der Waals surface area contributed by atoms with E-state index >= 15 is 0 Å². The van der Waals surface area contributed by atoms with E-state index in [2.05, 4.69) is 0 Å². The summed E-state index contributed by atoms with van der Waals surface area (Å²) < 4.78 is 11.3. The predicted octanol–water partition coefficient (Wildman–Crippen LogP) is 5.24. The quantitative estimate of drug-likeness (QED) is 0.436. The van der Waals surface area contributed by atoms with Crippen LogP contribution in [0.3, 0.4) is 0 Å². The Hall–Kier alpha value is -4.26. The van der Waals surface area contributed by atoms with Crippen LogP contribution in [0.25, 0.3) is 0 Å². The fraction of sp³-hybridized carbons (Fsp3) is 0.312. The van der Waals surface area contributed by atoms with Crippen molar-refractivity contribution in [1.29, 1.82) is 0 Å². The molecule has 3 aromatic carbocycles. The van der Waals surface area contributed by atoms with Crippen LogP contribution in [0.15, 0.2) is 71.8 Å². The normalized spacial score (nSPS) is 22.5. The van der Waals surface area contributed by atoms with Crippen molar-refractivity contribution in [2.75, 3.05) is 14.2 Å². The van der Waals surface area contributed by atoms with Gasteiger partial charge in [-0.25, -0.2) is 0 Å². The van der Waals surface area contributed by atoms with Gasteiger partial charge in [-0.2, -0.15) is 5.10 Å². The third kappa shape index (κ3) is 3.28. The minimum absolute atomic E-state index is 0.111. The lowest BCUT2D eigenvalue weighted by molar-refractivity contribution is -0.131. The first-order valence-electron chi connectivity index (χ1n) is 13.0. The molecule has 3 aliphatic rings. The minimum atomic E-state index is -1.63. The van der Waals surface area contributed by atoms with Gasteiger partial charge in [-0.05, 0) is 17.2 Å². The number of ether oxygens (including phenoxy) is 2. The highest BCUT2D eigenvalue weighted by Gasteiger charge is 2.73. The van der Waals surface area contributed by atoms with Crippen molar-refractivity contribution in [2.45, 2.75) is 38.8 Å². The number of benzene rings is 3. The molecule has 2 heterocycles. The molecule has 0 saturated carbocycles. The number of methoxy groups -OCH3 is 2. The Bertz CT molecular complexity index is 1530. The van der Waals surface area contributed by atoms with Crippen molar-refractivity contribution in [3.8, 4) is 11.5 Å². The van der Waals surface area contributed by atoms with Crippen molar-refractivity contribution in [2.24, 2.45) is 15.9 Å². The first-order valence-corrected chi connectivity index (χ1v) is 13.0. The van der Waals surface area contributed by atoms with Crippen molar-refractivity contribution in [3.63, 3.8) is 0 Å². The Morgan fingerprint density at radius 2 is 1.51 bits per heavy atom. The zero-order valence-corrected chi connectivity index (χ0v) is 22.6. The molecule has 7 nitrogen and oxygen atoms in total. The second-order valence-electron chi connectivity index (χ2n) is 11.4. The first-order chi connectivity index (χ1) is 18.7. The molecular weight excluding hydrogens is 492 g/mol. The van der Waals surface area contributed by atoms with Crippen LogP contribution in [-0.4, -0.2) is 48.8 Å². The van der Waals surface area contributed by atoms with Crippen LogP contribution in [0.1, 0.15) is 70.1 Å². The number of carbonyl (C=O) groups excluding carboxylic acids is 3. The van der Waals surface area contributed by atoms with Crippen LogP contribution in [0, 0.1) is 10.8 Å². The largest absolute Gasteiger partial charge is 0.497 e. The zero-order valence-electron chi connectivity index (χ0n) is 22.6. The smallest absolute Gasteiger partial charge is 0.180 e. The summed E-state index contributed by atoms with van der Waals surface area (Å²) in [5.41, 5.74) is 0.542. The molecule has 0 aromatic heterocycles. The summed E-state index contributed by atoms with van der Waals surface area (Å²) in [6.07, 6.45) is 1.72. The third-order valence-corrected chi connectivity index (χ3v) is 8.36. The highest BCUT2D eigenvalue weighted by molar-refractivity contribution is 6.31. The summed E-state index contributed by atoms with van der Waals surface area (Å²) in [6.45, 7) is 5.56. The Morgan fingerprint density at radius 1 is 0.872 bits per heavy atom. The minimum Gasteiger partial charge on any atom is -0.497 e. The Balaban J connectivity index is 1.73. The van der Waals surface area contributed by atoms with Gasteiger partial charge in [-0.3, -0.25) is 19.4 Å². The summed E-state index contributed by atoms with van der Waals surface area (Å²) >= 11 is 0. The van der Waals surface area contributed by atoms with Gasteiger partial charge in [-0.15, -0.1) is 0 Å². The summed E-state index contributed by atoms with van der Waals surface area (Å²) in [6, 6.07) is 18.2. The van der Waals surface area contributed by atoms with Crippen molar-refractivity contribution < 1.29 is 23.9 Å². The Labute approximate surface area is 227 Å². The molecule has 0 amide bonds. The Kier molecular flexibility index (Phi) is 5.54. The molecule has 6 rings (SSSR count). The van der Waals surface area contributed by atoms with Crippen molar-refractivity contribution in [3.05, 3.63) is 94.5 Å². The number of carbonyl (C=O) groups is 3. The van der Waals surface area contributed by atoms with Crippen molar-refractivity contribution in [1.82, 2.24) is 5.01 Å². The number of rotatable bonds is 4. The molecule has 0 radical (unpaired) electrons. The van der Waals surface area contributed by atoms with E-state index in [1.165, 1.54) is 7.11 Å². The maximum absolute atomic E-state index is 14.7. The number of nitrogens with zero attached hydrogens (tertiary/aromatic N) is 2. The lowest BCUT2D eigenvalue weighted by Crippen LogP contribution is -2.45. The van der Waals surface area contributed by atoms with E-state index < -0.39 is 28.8 Å². The molecular formula is C32H30N2O5. The van der Waals surface area contributed by atoms with Gasteiger partial charge in [0.15, 0.2) is 17.3 Å². The van der Waals surface area contributed by atoms with Gasteiger partial charge in [0, 0.05) is 34.1 Å². The molecule has 3 atom stereocenters. The van der Waals surface area contributed by atoms with Gasteiger partial charge in [0.05, 0.1) is 26.5 Å². The summed E-state index contributed by atoms with van der Waals surface area (Å²) in [5.74, 6) is -0.561. The van der Waals surface area contributed by atoms with Crippen LogP contribution >= 0.6 is 0 Å². The molecule has 1 aliphatic carbocycles. The van der Waals surface area contributed by atoms with Crippen molar-refractivity contribution >= 4 is 23.6 Å². The van der Waals surface area contributed by atoms with Crippen LogP contribution in [0.4, 0.5) is 0 Å². The van der Waals surface area contributed by atoms with Gasteiger partial charge in [0.1, 0.15) is 23.0 Å². The molecule has 1 saturated heterocycles. The molecule has 2 aliphatic heterocycles. The summed E-state index contributed by atoms with van der Waals surface area (Å²) in [5, 5.41) is 6.50. The van der Waals surface area contributed by atoms with E-state index in [1.54, 1.807) is 54.7 Å². The van der Waals surface area contributed by atoms with Crippen LogP contribution in [0.2, 0.25) is 0 Å². The highest BCUT2D eigenvalue weighted by Crippen LogP contribution is 2.66. The van der Waals surface area contributed by atoms with E-state index in [1.807, 2.05) is 51.1 Å². The van der Waals surface area contributed by atoms with Gasteiger partial charge in [-0.1, -0.05) is 75.4 Å². The maximum Gasteiger partial charge on any atom is 0.180 e. The van der Waals surface area contributed by atoms with E-state index in [0.717, 1.165) is 11.1 Å². The van der Waals surface area contributed by atoms with Gasteiger partial charge < -0.3 is 9.47 Å². The van der Waals surface area contributed by atoms with Crippen LogP contribution in [-0.2, 0) is 4.79 Å². The van der Waals surface area contributed by atoms with Gasteiger partial charge >= 0.3 is 0 Å². The predicted molar refractivity (Wildman–Crippen MR) is 147 cm³/mol. The third-order valence-electron chi connectivity index (χ3n) is 8.36. The van der Waals surface area contributed by atoms with Gasteiger partial charge in [0.2, 0.25) is 0 Å². The molecule has 1 fully saturated rings. The lowest BCUT2D eigenvalue weighted by Gasteiger charge is -2.36. The average molecular weight is 523 g/mol. The Morgan fingerprint density at radius 3 is 2.13 bits per heavy atom. The molecule has 0 N–H and O–H groups in total. The molecule has 39 heavy (non-hydrogen) atoms. The number of ketones is 3. The zero-order chi connectivity index (χ0) is 27.7. The second-order valence-corrected chi connectivity index (χ2v) is 11.4. The fourth-order valence-corrected chi connectivity index (χ4v) is 6.64. The summed E-state index contributed by atoms with van der Waals surface area (Å²) in [7, 11) is 3.10. The van der Waals surface area contributed by atoms with Crippen LogP contribution in [0.5, 0.6) is 11.5 Å². The topological polar surface area (TPSA) is 85.3 Å². The van der Waals surface area contributed by atoms with Crippen LogP contribution < -0.4 is 9.47 Å². The molecule has 198 valence electrons. The maximum atomic E-state index is 14.7. The SMILES string of the molecule is COc1ccc(C2C(C(=O)C(C)(C)C)N3N=Cc4ccccc4C3C23C(=O)c2ccccc2C3=O)c(OC)c1. The first kappa shape index (κ1) is 25.0. The highest BCUT2D eigenvalue weighted by atomic mass is 16.5. The van der Waals surface area contributed by atoms with Gasteiger partial charge in [0.25, 0.3) is 0 Å². The van der Waals surface area contributed by atoms with E-state index in [4.69, 9.17) is 14.6 Å². The number of hydrogen-bond donors (Lipinski definition) is 0. The molecule has 3 aromatic rings. The van der Waals surface area contributed by atoms with E-state index in [0.29, 0.717) is 28.2 Å². The number of hydrazone groups is 1. The van der Waals surface area contributed by atoms with E-state index in [9.17, 15) is 14.4 Å². The lowest BCUT2D eigenvalue weighted by atomic mass is 9.62. The summed E-state index contributed by atoms with van der Waals surface area (Å²) in [4.78, 5) is 43.9. The fourth-order valence-electron chi connectivity index (χ4n) is 6.64. The second kappa shape index (κ2) is 8.63. The number of hydrogen-bond acceptors (Lipinski definition) is 7. The number of Topliss-reactive ketones (excluding diaryl/α,β-unsaturated/α-hetero) is 3. The molecule has 7 heteroatoms. The molecule has 1 spiro atoms. The monoisotopic (exact) mass is 522 g/mol. The standard InChI is InChI=1S/C32H30N2O5/c1-31(2,3)30(37)26-25(23-15-14-19(38-4)16-24(23)39-5)32(28(35)21-12-8-9-13-22(21)29(32)36)27-20-11-7-6-10-18(20)17-33-34(26)27/h6-17,25-27H,1-5H3. The number of fused-ring (bicyclic) bond motifs is 5. The molecule has 0 bridgehead atoms. The average Bonchev–Trinajstić information content (AvgIpc) is 3.37.